The van der Waals surface area contributed by atoms with Gasteiger partial charge < -0.3 is 15.1 Å². The third kappa shape index (κ3) is 5.64. The quantitative estimate of drug-likeness (QED) is 0.542. The van der Waals surface area contributed by atoms with Crippen molar-refractivity contribution in [3.8, 4) is 11.3 Å². The minimum Gasteiger partial charge on any atom is -0.441 e. The number of pyridine rings is 1. The van der Waals surface area contributed by atoms with E-state index in [-0.39, 0.29) is 24.4 Å². The average Bonchev–Trinajstić information content (AvgIpc) is 3.19. The predicted octanol–water partition coefficient (Wildman–Crippen LogP) is 5.24. The van der Waals surface area contributed by atoms with Gasteiger partial charge in [-0.3, -0.25) is 4.79 Å². The Morgan fingerprint density at radius 2 is 1.88 bits per heavy atom. The maximum Gasteiger partial charge on any atom is 0.390 e. The number of aryl methyl sites for hydroxylation is 1. The summed E-state index contributed by atoms with van der Waals surface area (Å²) in [6.45, 7) is 1.70. The molecule has 0 saturated heterocycles. The van der Waals surface area contributed by atoms with E-state index in [0.717, 1.165) is 16.3 Å². The van der Waals surface area contributed by atoms with Gasteiger partial charge in [0, 0.05) is 42.6 Å². The van der Waals surface area contributed by atoms with Crippen LogP contribution in [0.1, 0.15) is 38.0 Å². The van der Waals surface area contributed by atoms with Crippen LogP contribution in [0.2, 0.25) is 0 Å². The highest BCUT2D eigenvalue weighted by molar-refractivity contribution is 5.94. The van der Waals surface area contributed by atoms with Gasteiger partial charge in [0.25, 0.3) is 0 Å². The van der Waals surface area contributed by atoms with Crippen LogP contribution in [0, 0.1) is 12.8 Å². The van der Waals surface area contributed by atoms with Crippen LogP contribution in [0.5, 0.6) is 0 Å². The number of benzene rings is 1. The highest BCUT2D eigenvalue weighted by Crippen LogP contribution is 2.28. The molecule has 0 aliphatic heterocycles. The lowest BCUT2D eigenvalue weighted by Gasteiger charge is -2.28. The van der Waals surface area contributed by atoms with Gasteiger partial charge in [-0.25, -0.2) is 9.97 Å². The second-order valence-electron chi connectivity index (χ2n) is 8.23. The van der Waals surface area contributed by atoms with E-state index in [2.05, 4.69) is 20.6 Å². The molecule has 9 heteroatoms. The Labute approximate surface area is 183 Å². The van der Waals surface area contributed by atoms with Gasteiger partial charge in [-0.2, -0.15) is 13.2 Å². The molecule has 1 fully saturated rings. The second-order valence-corrected chi connectivity index (χ2v) is 8.23. The summed E-state index contributed by atoms with van der Waals surface area (Å²) in [4.78, 5) is 21.2. The molecule has 2 N–H and O–H groups in total. The number of alkyl halides is 3. The van der Waals surface area contributed by atoms with Crippen molar-refractivity contribution in [1.82, 2.24) is 15.3 Å². The van der Waals surface area contributed by atoms with Crippen molar-refractivity contribution < 1.29 is 22.4 Å². The molecular formula is C23H25F3N4O2. The monoisotopic (exact) mass is 446 g/mol. The topological polar surface area (TPSA) is 80.0 Å². The van der Waals surface area contributed by atoms with E-state index in [0.29, 0.717) is 43.2 Å². The number of oxazole rings is 1. The van der Waals surface area contributed by atoms with Crippen LogP contribution in [0.15, 0.2) is 41.1 Å². The van der Waals surface area contributed by atoms with Gasteiger partial charge in [-0.05, 0) is 43.2 Å². The maximum absolute atomic E-state index is 12.7. The van der Waals surface area contributed by atoms with Gasteiger partial charge >= 0.3 is 6.18 Å². The second kappa shape index (κ2) is 9.28. The molecule has 1 amide bonds. The number of fused-ring (bicyclic) bond motifs is 1. The summed E-state index contributed by atoms with van der Waals surface area (Å²) < 4.78 is 42.4. The van der Waals surface area contributed by atoms with Crippen molar-refractivity contribution in [2.24, 2.45) is 5.92 Å². The smallest absolute Gasteiger partial charge is 0.390 e. The molecule has 1 aliphatic rings. The fraction of sp³-hybridized carbons (Fsp3) is 0.435. The molecule has 0 atom stereocenters. The van der Waals surface area contributed by atoms with Crippen LogP contribution >= 0.6 is 0 Å². The molecule has 0 bridgehead atoms. The standard InChI is InChI=1S/C23H25F3N4O2/c1-14-28-13-20(32-14)16-2-3-17-12-29-21(11-18(17)10-16)30-22(31)15-4-6-19(7-5-15)27-9-8-23(24,25)26/h2-3,10-13,15,19,27H,4-9H2,1H3,(H,29,30,31)/t15-,19+. The average molecular weight is 446 g/mol. The molecule has 6 nitrogen and oxygen atoms in total. The van der Waals surface area contributed by atoms with E-state index in [4.69, 9.17) is 4.42 Å². The van der Waals surface area contributed by atoms with Crippen molar-refractivity contribution in [3.05, 3.63) is 42.5 Å². The fourth-order valence-electron chi connectivity index (χ4n) is 4.06. The van der Waals surface area contributed by atoms with Crippen LogP contribution in [0.3, 0.4) is 0 Å². The largest absolute Gasteiger partial charge is 0.441 e. The summed E-state index contributed by atoms with van der Waals surface area (Å²) in [6, 6.07) is 7.69. The zero-order chi connectivity index (χ0) is 22.7. The lowest BCUT2D eigenvalue weighted by atomic mass is 9.85. The highest BCUT2D eigenvalue weighted by Gasteiger charge is 2.29. The molecule has 32 heavy (non-hydrogen) atoms. The van der Waals surface area contributed by atoms with Gasteiger partial charge in [0.15, 0.2) is 11.7 Å². The van der Waals surface area contributed by atoms with Gasteiger partial charge in [-0.1, -0.05) is 12.1 Å². The SMILES string of the molecule is Cc1ncc(-c2ccc3cnc(NC(=O)[C@H]4CC[C@@H](NCCC(F)(F)F)CC4)cc3c2)o1. The molecule has 1 aromatic carbocycles. The normalized spacial score (nSPS) is 19.2. The Morgan fingerprint density at radius 3 is 2.56 bits per heavy atom. The fourth-order valence-corrected chi connectivity index (χ4v) is 4.06. The Kier molecular flexibility index (Phi) is 6.45. The van der Waals surface area contributed by atoms with E-state index < -0.39 is 12.6 Å². The van der Waals surface area contributed by atoms with Gasteiger partial charge in [-0.15, -0.1) is 0 Å². The zero-order valence-corrected chi connectivity index (χ0v) is 17.7. The summed E-state index contributed by atoms with van der Waals surface area (Å²) in [5, 5.41) is 7.70. The van der Waals surface area contributed by atoms with Gasteiger partial charge in [0.2, 0.25) is 5.91 Å². The van der Waals surface area contributed by atoms with E-state index in [9.17, 15) is 18.0 Å². The molecular weight excluding hydrogens is 421 g/mol. The molecule has 2 aromatic heterocycles. The number of amides is 1. The molecule has 2 heterocycles. The molecule has 170 valence electrons. The van der Waals surface area contributed by atoms with Crippen LogP contribution in [0.25, 0.3) is 22.1 Å². The highest BCUT2D eigenvalue weighted by atomic mass is 19.4. The van der Waals surface area contributed by atoms with Crippen LogP contribution in [-0.4, -0.2) is 34.6 Å². The first-order chi connectivity index (χ1) is 15.3. The van der Waals surface area contributed by atoms with Crippen molar-refractivity contribution in [3.63, 3.8) is 0 Å². The van der Waals surface area contributed by atoms with Crippen LogP contribution in [-0.2, 0) is 4.79 Å². The minimum absolute atomic E-state index is 0.0262. The Bertz CT molecular complexity index is 1090. The summed E-state index contributed by atoms with van der Waals surface area (Å²) in [7, 11) is 0. The van der Waals surface area contributed by atoms with Crippen LogP contribution in [0.4, 0.5) is 19.0 Å². The van der Waals surface area contributed by atoms with Gasteiger partial charge in [0.05, 0.1) is 12.6 Å². The summed E-state index contributed by atoms with van der Waals surface area (Å²) in [6.07, 6.45) is 1.04. The number of nitrogens with one attached hydrogen (secondary N) is 2. The molecule has 1 aliphatic carbocycles. The third-order valence-corrected chi connectivity index (χ3v) is 5.82. The van der Waals surface area contributed by atoms with Crippen molar-refractivity contribution in [2.45, 2.75) is 51.2 Å². The Morgan fingerprint density at radius 1 is 1.09 bits per heavy atom. The first-order valence-corrected chi connectivity index (χ1v) is 10.7. The minimum atomic E-state index is -4.15. The number of hydrogen-bond donors (Lipinski definition) is 2. The number of hydrogen-bond acceptors (Lipinski definition) is 5. The maximum atomic E-state index is 12.7. The number of carbonyl (C=O) groups is 1. The van der Waals surface area contributed by atoms with E-state index in [1.807, 2.05) is 24.3 Å². The lowest BCUT2D eigenvalue weighted by molar-refractivity contribution is -0.133. The summed E-state index contributed by atoms with van der Waals surface area (Å²) in [5.41, 5.74) is 0.887. The number of nitrogens with zero attached hydrogens (tertiary/aromatic N) is 2. The van der Waals surface area contributed by atoms with E-state index >= 15 is 0 Å². The van der Waals surface area contributed by atoms with Crippen LogP contribution < -0.4 is 10.6 Å². The zero-order valence-electron chi connectivity index (χ0n) is 17.7. The Hall–Kier alpha value is -2.94. The number of anilines is 1. The predicted molar refractivity (Wildman–Crippen MR) is 115 cm³/mol. The van der Waals surface area contributed by atoms with E-state index in [1.165, 1.54) is 0 Å². The molecule has 0 unspecified atom stereocenters. The molecule has 3 aromatic rings. The molecule has 0 radical (unpaired) electrons. The number of halogens is 3. The number of aromatic nitrogens is 2. The van der Waals surface area contributed by atoms with Crippen molar-refractivity contribution in [1.29, 1.82) is 0 Å². The third-order valence-electron chi connectivity index (χ3n) is 5.82. The molecule has 1 saturated carbocycles. The first kappa shape index (κ1) is 22.3. The number of carbonyl (C=O) groups excluding carboxylic acids is 1. The number of rotatable bonds is 6. The molecule has 4 rings (SSSR count). The van der Waals surface area contributed by atoms with Gasteiger partial charge in [0.1, 0.15) is 5.82 Å². The lowest BCUT2D eigenvalue weighted by Crippen LogP contribution is -2.37. The van der Waals surface area contributed by atoms with E-state index in [1.54, 1.807) is 19.3 Å². The summed E-state index contributed by atoms with van der Waals surface area (Å²) >= 11 is 0. The first-order valence-electron chi connectivity index (χ1n) is 10.7. The van der Waals surface area contributed by atoms with Crippen molar-refractivity contribution >= 4 is 22.5 Å². The van der Waals surface area contributed by atoms with Crippen molar-refractivity contribution in [2.75, 3.05) is 11.9 Å². The molecule has 0 spiro atoms. The summed E-state index contributed by atoms with van der Waals surface area (Å²) in [5.74, 6) is 1.46. The Balaban J connectivity index is 1.34.